The van der Waals surface area contributed by atoms with E-state index in [0.717, 1.165) is 22.3 Å². The second kappa shape index (κ2) is 6.43. The Kier molecular flexibility index (Phi) is 4.61. The Bertz CT molecular complexity index is 628. The van der Waals surface area contributed by atoms with Crippen LogP contribution < -0.4 is 0 Å². The van der Waals surface area contributed by atoms with E-state index in [4.69, 9.17) is 0 Å². The van der Waals surface area contributed by atoms with Crippen molar-refractivity contribution in [3.8, 4) is 0 Å². The highest BCUT2D eigenvalue weighted by atomic mass is 17.2. The smallest absolute Gasteiger partial charge is 0.242 e. The Morgan fingerprint density at radius 3 is 1.14 bits per heavy atom. The van der Waals surface area contributed by atoms with Crippen molar-refractivity contribution in [3.63, 3.8) is 0 Å². The number of carbonyl (C=O) groups excluding carboxylic acids is 2. The van der Waals surface area contributed by atoms with Crippen molar-refractivity contribution in [1.82, 2.24) is 0 Å². The molecular formula is C18H18O4. The second-order valence-corrected chi connectivity index (χ2v) is 5.49. The largest absolute Gasteiger partial charge is 0.386 e. The first-order valence-electron chi connectivity index (χ1n) is 6.95. The lowest BCUT2D eigenvalue weighted by atomic mass is 10.1. The van der Waals surface area contributed by atoms with Gasteiger partial charge in [0.2, 0.25) is 0 Å². The zero-order chi connectivity index (χ0) is 16.3. The van der Waals surface area contributed by atoms with Gasteiger partial charge in [-0.1, -0.05) is 34.4 Å². The van der Waals surface area contributed by atoms with Crippen molar-refractivity contribution in [3.05, 3.63) is 69.8 Å². The third-order valence-electron chi connectivity index (χ3n) is 3.11. The van der Waals surface area contributed by atoms with Crippen LogP contribution in [0.2, 0.25) is 0 Å². The summed E-state index contributed by atoms with van der Waals surface area (Å²) in [4.78, 5) is 33.1. The molecule has 0 aliphatic carbocycles. The van der Waals surface area contributed by atoms with Crippen LogP contribution in [0.15, 0.2) is 36.4 Å². The van der Waals surface area contributed by atoms with E-state index in [1.165, 1.54) is 0 Å². The molecule has 4 nitrogen and oxygen atoms in total. The van der Waals surface area contributed by atoms with Gasteiger partial charge in [-0.05, 0) is 52.0 Å². The molecule has 0 aromatic heterocycles. The monoisotopic (exact) mass is 298 g/mol. The first kappa shape index (κ1) is 15.8. The molecule has 2 aromatic rings. The summed E-state index contributed by atoms with van der Waals surface area (Å²) in [6.45, 7) is 7.52. The number of carbonyl (C=O) groups is 2. The van der Waals surface area contributed by atoms with Gasteiger partial charge in [-0.2, -0.15) is 0 Å². The third-order valence-corrected chi connectivity index (χ3v) is 3.11. The SMILES string of the molecule is Cc1cc(C)cc(C(=O)OOC(=O)c2cc(C)cc(C)c2)c1. The zero-order valence-corrected chi connectivity index (χ0v) is 13.1. The maximum Gasteiger partial charge on any atom is 0.386 e. The molecule has 22 heavy (non-hydrogen) atoms. The van der Waals surface area contributed by atoms with Gasteiger partial charge in [-0.15, -0.1) is 0 Å². The van der Waals surface area contributed by atoms with Crippen LogP contribution in [0, 0.1) is 27.7 Å². The van der Waals surface area contributed by atoms with E-state index in [1.54, 1.807) is 24.3 Å². The van der Waals surface area contributed by atoms with E-state index >= 15 is 0 Å². The molecule has 2 rings (SSSR count). The van der Waals surface area contributed by atoms with E-state index in [2.05, 4.69) is 9.78 Å². The predicted octanol–water partition coefficient (Wildman–Crippen LogP) is 3.85. The van der Waals surface area contributed by atoms with Crippen LogP contribution in [0.4, 0.5) is 0 Å². The number of rotatable bonds is 2. The number of aryl methyl sites for hydroxylation is 4. The zero-order valence-electron chi connectivity index (χ0n) is 13.1. The summed E-state index contributed by atoms with van der Waals surface area (Å²) in [6.07, 6.45) is 0. The Morgan fingerprint density at radius 2 is 0.864 bits per heavy atom. The van der Waals surface area contributed by atoms with Crippen LogP contribution in [-0.2, 0) is 9.78 Å². The molecule has 0 radical (unpaired) electrons. The molecule has 114 valence electrons. The minimum Gasteiger partial charge on any atom is -0.242 e. The lowest BCUT2D eigenvalue weighted by molar-refractivity contribution is -0.187. The molecule has 0 unspecified atom stereocenters. The molecule has 0 spiro atoms. The van der Waals surface area contributed by atoms with Gasteiger partial charge < -0.3 is 0 Å². The van der Waals surface area contributed by atoms with Crippen LogP contribution in [0.3, 0.4) is 0 Å². The Balaban J connectivity index is 2.05. The van der Waals surface area contributed by atoms with Crippen molar-refractivity contribution < 1.29 is 19.4 Å². The fourth-order valence-electron chi connectivity index (χ4n) is 2.36. The van der Waals surface area contributed by atoms with E-state index in [-0.39, 0.29) is 0 Å². The van der Waals surface area contributed by atoms with Gasteiger partial charge in [0, 0.05) is 0 Å². The van der Waals surface area contributed by atoms with Crippen LogP contribution in [0.1, 0.15) is 43.0 Å². The fraction of sp³-hybridized carbons (Fsp3) is 0.222. The highest BCUT2D eigenvalue weighted by Crippen LogP contribution is 2.13. The number of benzene rings is 2. The molecule has 0 heterocycles. The third kappa shape index (κ3) is 3.95. The van der Waals surface area contributed by atoms with Crippen molar-refractivity contribution in [2.75, 3.05) is 0 Å². The highest BCUT2D eigenvalue weighted by Gasteiger charge is 2.15. The molecule has 0 amide bonds. The molecule has 2 aromatic carbocycles. The Hall–Kier alpha value is -2.62. The summed E-state index contributed by atoms with van der Waals surface area (Å²) >= 11 is 0. The van der Waals surface area contributed by atoms with Gasteiger partial charge in [0.1, 0.15) is 0 Å². The first-order valence-corrected chi connectivity index (χ1v) is 6.95. The molecular weight excluding hydrogens is 280 g/mol. The molecule has 0 atom stereocenters. The molecule has 0 bridgehead atoms. The number of hydrogen-bond donors (Lipinski definition) is 0. The van der Waals surface area contributed by atoms with Gasteiger partial charge in [-0.25, -0.2) is 19.4 Å². The minimum atomic E-state index is -0.690. The lowest BCUT2D eigenvalue weighted by Gasteiger charge is -2.06. The molecule has 0 saturated heterocycles. The quantitative estimate of drug-likeness (QED) is 0.624. The van der Waals surface area contributed by atoms with Gasteiger partial charge in [-0.3, -0.25) is 0 Å². The molecule has 4 heteroatoms. The Labute approximate surface area is 129 Å². The topological polar surface area (TPSA) is 52.6 Å². The molecule has 0 aliphatic rings. The highest BCUT2D eigenvalue weighted by molar-refractivity contribution is 5.92. The summed E-state index contributed by atoms with van der Waals surface area (Å²) in [6, 6.07) is 10.6. The van der Waals surface area contributed by atoms with Crippen LogP contribution in [0.25, 0.3) is 0 Å². The molecule has 0 fully saturated rings. The molecule has 0 saturated carbocycles. The van der Waals surface area contributed by atoms with Crippen LogP contribution in [-0.4, -0.2) is 11.9 Å². The summed E-state index contributed by atoms with van der Waals surface area (Å²) in [5, 5.41) is 0. The van der Waals surface area contributed by atoms with Crippen LogP contribution >= 0.6 is 0 Å². The van der Waals surface area contributed by atoms with Crippen molar-refractivity contribution in [2.24, 2.45) is 0 Å². The van der Waals surface area contributed by atoms with Crippen molar-refractivity contribution in [2.45, 2.75) is 27.7 Å². The summed E-state index contributed by atoms with van der Waals surface area (Å²) < 4.78 is 0. The second-order valence-electron chi connectivity index (χ2n) is 5.49. The lowest BCUT2D eigenvalue weighted by Crippen LogP contribution is -2.12. The van der Waals surface area contributed by atoms with Crippen molar-refractivity contribution >= 4 is 11.9 Å². The maximum absolute atomic E-state index is 11.9. The van der Waals surface area contributed by atoms with E-state index < -0.39 is 11.9 Å². The summed E-state index contributed by atoms with van der Waals surface area (Å²) in [5.74, 6) is -1.38. The van der Waals surface area contributed by atoms with Gasteiger partial charge in [0.25, 0.3) is 0 Å². The predicted molar refractivity (Wildman–Crippen MR) is 82.7 cm³/mol. The standard InChI is InChI=1S/C18H18O4/c1-11-5-12(2)8-15(7-11)17(19)21-22-18(20)16-9-13(3)6-14(4)10-16/h5-10H,1-4H3. The summed E-state index contributed by atoms with van der Waals surface area (Å²) in [5.41, 5.74) is 4.46. The van der Waals surface area contributed by atoms with E-state index in [1.807, 2.05) is 39.8 Å². The fourth-order valence-corrected chi connectivity index (χ4v) is 2.36. The Morgan fingerprint density at radius 1 is 0.591 bits per heavy atom. The maximum atomic E-state index is 11.9. The van der Waals surface area contributed by atoms with E-state index in [9.17, 15) is 9.59 Å². The van der Waals surface area contributed by atoms with E-state index in [0.29, 0.717) is 11.1 Å². The molecule has 0 aliphatic heterocycles. The first-order chi connectivity index (χ1) is 10.3. The average Bonchev–Trinajstić information content (AvgIpc) is 2.42. The van der Waals surface area contributed by atoms with Crippen molar-refractivity contribution in [1.29, 1.82) is 0 Å². The van der Waals surface area contributed by atoms with Gasteiger partial charge in [0.15, 0.2) is 0 Å². The molecule has 0 N–H and O–H groups in total. The minimum absolute atomic E-state index is 0.353. The normalized spacial score (nSPS) is 10.2. The van der Waals surface area contributed by atoms with Gasteiger partial charge in [0.05, 0.1) is 11.1 Å². The van der Waals surface area contributed by atoms with Gasteiger partial charge >= 0.3 is 11.9 Å². The summed E-state index contributed by atoms with van der Waals surface area (Å²) in [7, 11) is 0. The average molecular weight is 298 g/mol. The number of hydrogen-bond acceptors (Lipinski definition) is 4. The van der Waals surface area contributed by atoms with Crippen LogP contribution in [0.5, 0.6) is 0 Å².